The van der Waals surface area contributed by atoms with Gasteiger partial charge >= 0.3 is 0 Å². The summed E-state index contributed by atoms with van der Waals surface area (Å²) in [6.07, 6.45) is 1.37. The van der Waals surface area contributed by atoms with Crippen molar-refractivity contribution in [3.63, 3.8) is 0 Å². The van der Waals surface area contributed by atoms with E-state index in [9.17, 15) is 4.79 Å². The van der Waals surface area contributed by atoms with Crippen LogP contribution in [0.3, 0.4) is 0 Å². The van der Waals surface area contributed by atoms with E-state index in [-0.39, 0.29) is 18.1 Å². The maximum Gasteiger partial charge on any atom is 0.267 e. The van der Waals surface area contributed by atoms with Gasteiger partial charge in [-0.05, 0) is 12.1 Å². The van der Waals surface area contributed by atoms with E-state index in [1.165, 1.54) is 18.3 Å². The van der Waals surface area contributed by atoms with Crippen LogP contribution in [-0.2, 0) is 0 Å². The molecule has 1 rings (SSSR count). The van der Waals surface area contributed by atoms with Crippen LogP contribution >= 0.6 is 12.4 Å². The summed E-state index contributed by atoms with van der Waals surface area (Å²) >= 11 is 0. The Balaban J connectivity index is 0.00000121. The third-order valence-electron chi connectivity index (χ3n) is 1.14. The van der Waals surface area contributed by atoms with Gasteiger partial charge in [0, 0.05) is 6.20 Å². The fourth-order valence-corrected chi connectivity index (χ4v) is 0.635. The van der Waals surface area contributed by atoms with Crippen LogP contribution in [0.5, 0.6) is 0 Å². The molecule has 0 saturated heterocycles. The van der Waals surface area contributed by atoms with E-state index >= 15 is 0 Å². The van der Waals surface area contributed by atoms with Gasteiger partial charge in [-0.1, -0.05) is 0 Å². The molecule has 0 aliphatic carbocycles. The molecule has 1 amide bonds. The quantitative estimate of drug-likeness (QED) is 0.688. The van der Waals surface area contributed by atoms with Crippen LogP contribution < -0.4 is 5.73 Å². The van der Waals surface area contributed by atoms with E-state index in [1.807, 2.05) is 6.07 Å². The fourth-order valence-electron chi connectivity index (χ4n) is 0.635. The van der Waals surface area contributed by atoms with Gasteiger partial charge in [0.25, 0.3) is 5.91 Å². The predicted octanol–water partition coefficient (Wildman–Crippen LogP) is 0.474. The fraction of sp³-hybridized carbons (Fsp3) is 0. The Labute approximate surface area is 75.4 Å². The van der Waals surface area contributed by atoms with Crippen LogP contribution in [0.2, 0.25) is 0 Å². The van der Waals surface area contributed by atoms with Crippen molar-refractivity contribution >= 4 is 18.3 Å². The molecule has 1 aromatic heterocycles. The molecule has 1 aromatic rings. The Hall–Kier alpha value is -1.60. The van der Waals surface area contributed by atoms with Crippen molar-refractivity contribution in [2.24, 2.45) is 5.73 Å². The minimum absolute atomic E-state index is 0. The third-order valence-corrected chi connectivity index (χ3v) is 1.14. The van der Waals surface area contributed by atoms with Crippen LogP contribution in [0.15, 0.2) is 18.3 Å². The molecular formula is C7H6ClN3O. The zero-order valence-electron chi connectivity index (χ0n) is 6.02. The van der Waals surface area contributed by atoms with Crippen LogP contribution in [0.4, 0.5) is 0 Å². The summed E-state index contributed by atoms with van der Waals surface area (Å²) in [7, 11) is 0. The lowest BCUT2D eigenvalue weighted by atomic mass is 10.2. The number of halogens is 1. The van der Waals surface area contributed by atoms with Crippen molar-refractivity contribution < 1.29 is 4.79 Å². The molecule has 0 unspecified atom stereocenters. The summed E-state index contributed by atoms with van der Waals surface area (Å²) in [6, 6.07) is 4.73. The molecule has 0 aliphatic heterocycles. The molecule has 0 bridgehead atoms. The van der Waals surface area contributed by atoms with Gasteiger partial charge in [-0.3, -0.25) is 9.78 Å². The first-order valence-corrected chi connectivity index (χ1v) is 2.90. The van der Waals surface area contributed by atoms with Crippen molar-refractivity contribution in [2.45, 2.75) is 0 Å². The highest BCUT2D eigenvalue weighted by molar-refractivity contribution is 5.90. The molecule has 1 heterocycles. The number of hydrogen-bond donors (Lipinski definition) is 1. The molecule has 0 radical (unpaired) electrons. The average molecular weight is 184 g/mol. The van der Waals surface area contributed by atoms with Crippen molar-refractivity contribution in [3.8, 4) is 6.07 Å². The molecule has 0 aromatic carbocycles. The smallest absolute Gasteiger partial charge is 0.267 e. The number of amides is 1. The summed E-state index contributed by atoms with van der Waals surface area (Å²) in [4.78, 5) is 14.2. The van der Waals surface area contributed by atoms with Crippen LogP contribution in [-0.4, -0.2) is 10.9 Å². The first-order valence-electron chi connectivity index (χ1n) is 2.90. The van der Waals surface area contributed by atoms with Gasteiger partial charge in [-0.15, -0.1) is 12.4 Å². The van der Waals surface area contributed by atoms with Gasteiger partial charge in [0.05, 0.1) is 11.6 Å². The minimum Gasteiger partial charge on any atom is -0.364 e. The molecule has 2 N–H and O–H groups in total. The van der Waals surface area contributed by atoms with Crippen molar-refractivity contribution in [1.29, 1.82) is 5.26 Å². The minimum atomic E-state index is -0.623. The maximum absolute atomic E-state index is 10.5. The van der Waals surface area contributed by atoms with E-state index in [2.05, 4.69) is 4.98 Å². The molecule has 0 atom stereocenters. The SMILES string of the molecule is Cl.N#Cc1ccnc(C(N)=O)c1. The summed E-state index contributed by atoms with van der Waals surface area (Å²) in [5, 5.41) is 8.41. The highest BCUT2D eigenvalue weighted by atomic mass is 35.5. The number of aromatic nitrogens is 1. The number of primary amides is 1. The van der Waals surface area contributed by atoms with E-state index < -0.39 is 5.91 Å². The van der Waals surface area contributed by atoms with Crippen molar-refractivity contribution in [1.82, 2.24) is 4.98 Å². The Bertz CT molecular complexity index is 332. The standard InChI is InChI=1S/C7H5N3O.ClH/c8-4-5-1-2-10-6(3-5)7(9)11;/h1-3H,(H2,9,11);1H. The monoisotopic (exact) mass is 183 g/mol. The maximum atomic E-state index is 10.5. The zero-order chi connectivity index (χ0) is 8.27. The van der Waals surface area contributed by atoms with Gasteiger partial charge in [0.15, 0.2) is 0 Å². The van der Waals surface area contributed by atoms with Crippen molar-refractivity contribution in [2.75, 3.05) is 0 Å². The Kier molecular flexibility index (Phi) is 3.74. The second kappa shape index (κ2) is 4.31. The number of carbonyl (C=O) groups excluding carboxylic acids is 1. The number of nitrogens with two attached hydrogens (primary N) is 1. The van der Waals surface area contributed by atoms with Crippen molar-refractivity contribution in [3.05, 3.63) is 29.6 Å². The van der Waals surface area contributed by atoms with Gasteiger partial charge in [0.1, 0.15) is 5.69 Å². The Morgan fingerprint density at radius 3 is 2.83 bits per heavy atom. The first kappa shape index (κ1) is 10.4. The highest BCUT2D eigenvalue weighted by Crippen LogP contribution is 1.98. The lowest BCUT2D eigenvalue weighted by Crippen LogP contribution is -2.12. The van der Waals surface area contributed by atoms with Crippen LogP contribution in [0, 0.1) is 11.3 Å². The number of nitriles is 1. The van der Waals surface area contributed by atoms with Crippen LogP contribution in [0.25, 0.3) is 0 Å². The average Bonchev–Trinajstić information content (AvgIpc) is 2.05. The number of pyridine rings is 1. The van der Waals surface area contributed by atoms with Gasteiger partial charge in [0.2, 0.25) is 0 Å². The van der Waals surface area contributed by atoms with Gasteiger partial charge < -0.3 is 5.73 Å². The molecule has 0 fully saturated rings. The summed E-state index contributed by atoms with van der Waals surface area (Å²) < 4.78 is 0. The molecule has 62 valence electrons. The Morgan fingerprint density at radius 2 is 2.33 bits per heavy atom. The summed E-state index contributed by atoms with van der Waals surface area (Å²) in [6.45, 7) is 0. The van der Waals surface area contributed by atoms with Gasteiger partial charge in [-0.25, -0.2) is 0 Å². The number of hydrogen-bond acceptors (Lipinski definition) is 3. The zero-order valence-corrected chi connectivity index (χ0v) is 6.84. The Morgan fingerprint density at radius 1 is 1.67 bits per heavy atom. The molecule has 12 heavy (non-hydrogen) atoms. The molecule has 0 spiro atoms. The number of carbonyl (C=O) groups is 1. The second-order valence-electron chi connectivity index (χ2n) is 1.91. The summed E-state index contributed by atoms with van der Waals surface area (Å²) in [5.74, 6) is -0.623. The van der Waals surface area contributed by atoms with E-state index in [4.69, 9.17) is 11.0 Å². The molecule has 5 heteroatoms. The third kappa shape index (κ3) is 2.22. The molecular weight excluding hydrogens is 178 g/mol. The normalized spacial score (nSPS) is 7.92. The molecule has 4 nitrogen and oxygen atoms in total. The second-order valence-corrected chi connectivity index (χ2v) is 1.91. The largest absolute Gasteiger partial charge is 0.364 e. The van der Waals surface area contributed by atoms with E-state index in [0.29, 0.717) is 5.56 Å². The predicted molar refractivity (Wildman–Crippen MR) is 44.7 cm³/mol. The topological polar surface area (TPSA) is 79.8 Å². The number of rotatable bonds is 1. The number of nitrogens with zero attached hydrogens (tertiary/aromatic N) is 2. The van der Waals surface area contributed by atoms with E-state index in [1.54, 1.807) is 0 Å². The lowest BCUT2D eigenvalue weighted by Gasteiger charge is -1.92. The first-order chi connectivity index (χ1) is 5.24. The summed E-state index contributed by atoms with van der Waals surface area (Å²) in [5.41, 5.74) is 5.42. The van der Waals surface area contributed by atoms with E-state index in [0.717, 1.165) is 0 Å². The molecule has 0 aliphatic rings. The van der Waals surface area contributed by atoms with Gasteiger partial charge in [-0.2, -0.15) is 5.26 Å². The molecule has 0 saturated carbocycles. The lowest BCUT2D eigenvalue weighted by molar-refractivity contribution is 0.0995. The highest BCUT2D eigenvalue weighted by Gasteiger charge is 2.00. The van der Waals surface area contributed by atoms with Crippen LogP contribution in [0.1, 0.15) is 16.1 Å².